The largest absolute Gasteiger partial charge is 0.456 e. The molecule has 2 heterocycles. The molecule has 0 aliphatic heterocycles. The molecule has 9 rings (SSSR count). The highest BCUT2D eigenvalue weighted by Gasteiger charge is 2.29. The topological polar surface area (TPSA) is 43.4 Å². The predicted octanol–water partition coefficient (Wildman–Crippen LogP) is 9.94. The zero-order valence-electron chi connectivity index (χ0n) is 23.6. The second kappa shape index (κ2) is 9.57. The molecule has 0 aliphatic rings. The molecule has 0 spiro atoms. The first-order valence-corrected chi connectivity index (χ1v) is 16.4. The Labute approximate surface area is 253 Å². The summed E-state index contributed by atoms with van der Waals surface area (Å²) in [5.41, 5.74) is 5.50. The molecule has 0 radical (unpaired) electrons. The lowest BCUT2D eigenvalue weighted by atomic mass is 9.94. The van der Waals surface area contributed by atoms with E-state index < -0.39 is 7.14 Å². The first kappa shape index (κ1) is 25.2. The van der Waals surface area contributed by atoms with Crippen LogP contribution in [-0.4, -0.2) is 0 Å². The second-order valence-electron chi connectivity index (χ2n) is 11.2. The maximum absolute atomic E-state index is 14.9. The third-order valence-electron chi connectivity index (χ3n) is 8.77. The van der Waals surface area contributed by atoms with Crippen molar-refractivity contribution in [3.63, 3.8) is 0 Å². The Morgan fingerprint density at radius 3 is 1.57 bits per heavy atom. The van der Waals surface area contributed by atoms with Gasteiger partial charge >= 0.3 is 0 Å². The van der Waals surface area contributed by atoms with Crippen LogP contribution in [0.4, 0.5) is 0 Å². The number of hydrogen-bond donors (Lipinski definition) is 0. The van der Waals surface area contributed by atoms with E-state index in [0.717, 1.165) is 81.7 Å². The number of fused-ring (bicyclic) bond motifs is 9. The number of benzene rings is 7. The minimum Gasteiger partial charge on any atom is -0.456 e. The summed E-state index contributed by atoms with van der Waals surface area (Å²) in [5.74, 6) is 0. The highest BCUT2D eigenvalue weighted by atomic mass is 31.2. The molecule has 2 aromatic heterocycles. The highest BCUT2D eigenvalue weighted by molar-refractivity contribution is 7.85. The molecule has 9 aromatic rings. The van der Waals surface area contributed by atoms with Gasteiger partial charge in [0.2, 0.25) is 0 Å². The van der Waals surface area contributed by atoms with Crippen molar-refractivity contribution in [2.75, 3.05) is 0 Å². The van der Waals surface area contributed by atoms with Crippen LogP contribution in [0.15, 0.2) is 160 Å². The summed E-state index contributed by atoms with van der Waals surface area (Å²) in [6.45, 7) is 0. The summed E-state index contributed by atoms with van der Waals surface area (Å²) in [4.78, 5) is 0. The molecule has 3 nitrogen and oxygen atoms in total. The highest BCUT2D eigenvalue weighted by Crippen LogP contribution is 2.46. The van der Waals surface area contributed by atoms with Gasteiger partial charge in [-0.1, -0.05) is 127 Å². The summed E-state index contributed by atoms with van der Waals surface area (Å²) in [7, 11) is -3.06. The molecule has 7 aromatic carbocycles. The van der Waals surface area contributed by atoms with Gasteiger partial charge in [0, 0.05) is 37.5 Å². The van der Waals surface area contributed by atoms with E-state index in [9.17, 15) is 4.57 Å². The molecule has 0 bridgehead atoms. The lowest BCUT2D eigenvalue weighted by Crippen LogP contribution is -2.24. The van der Waals surface area contributed by atoms with Crippen molar-refractivity contribution in [1.29, 1.82) is 0 Å². The van der Waals surface area contributed by atoms with Gasteiger partial charge in [-0.05, 0) is 46.2 Å². The Bertz CT molecular complexity index is 2520. The molecule has 0 saturated carbocycles. The number of furan rings is 2. The molecule has 0 atom stereocenters. The van der Waals surface area contributed by atoms with Crippen LogP contribution in [0, 0.1) is 0 Å². The summed E-state index contributed by atoms with van der Waals surface area (Å²) in [6.07, 6.45) is 0. The van der Waals surface area contributed by atoms with Gasteiger partial charge in [-0.3, -0.25) is 0 Å². The van der Waals surface area contributed by atoms with Crippen molar-refractivity contribution in [2.45, 2.75) is 0 Å². The van der Waals surface area contributed by atoms with E-state index in [4.69, 9.17) is 8.83 Å². The molecule has 0 unspecified atom stereocenters. The van der Waals surface area contributed by atoms with Gasteiger partial charge < -0.3 is 13.4 Å². The average Bonchev–Trinajstić information content (AvgIpc) is 3.66. The van der Waals surface area contributed by atoms with Gasteiger partial charge in [-0.15, -0.1) is 0 Å². The Morgan fingerprint density at radius 2 is 0.886 bits per heavy atom. The van der Waals surface area contributed by atoms with E-state index in [2.05, 4.69) is 48.5 Å². The first-order valence-electron chi connectivity index (χ1n) is 14.7. The Hall–Kier alpha value is -5.37. The molecular weight excluding hydrogens is 559 g/mol. The first-order chi connectivity index (χ1) is 21.7. The Balaban J connectivity index is 1.27. The fourth-order valence-electron chi connectivity index (χ4n) is 6.75. The number of para-hydroxylation sites is 1. The van der Waals surface area contributed by atoms with E-state index >= 15 is 0 Å². The molecule has 0 fully saturated rings. The standard InChI is InChI=1S/C40H25O3P/c41-44(27-11-3-1-4-12-27,28-13-5-2-6-14-28)29-21-19-26(20-22-29)33-25-37-38(31-16-8-7-15-30(31)33)40-36(43-37)24-23-35-39(40)32-17-9-10-18-34(32)42-35/h1-25H. The fraction of sp³-hybridized carbons (Fsp3) is 0. The monoisotopic (exact) mass is 584 g/mol. The van der Waals surface area contributed by atoms with Crippen LogP contribution in [-0.2, 0) is 4.57 Å². The molecule has 0 saturated heterocycles. The molecule has 0 amide bonds. The van der Waals surface area contributed by atoms with Gasteiger partial charge in [0.25, 0.3) is 0 Å². The second-order valence-corrected chi connectivity index (χ2v) is 13.9. The third-order valence-corrected chi connectivity index (χ3v) is 11.8. The average molecular weight is 585 g/mol. The van der Waals surface area contributed by atoms with E-state index in [-0.39, 0.29) is 0 Å². The van der Waals surface area contributed by atoms with E-state index in [1.54, 1.807) is 0 Å². The van der Waals surface area contributed by atoms with Gasteiger partial charge in [-0.25, -0.2) is 0 Å². The van der Waals surface area contributed by atoms with Crippen LogP contribution in [0.25, 0.3) is 65.8 Å². The smallest absolute Gasteiger partial charge is 0.171 e. The fourth-order valence-corrected chi connectivity index (χ4v) is 9.40. The molecular formula is C40H25O3P. The predicted molar refractivity (Wildman–Crippen MR) is 183 cm³/mol. The molecule has 0 N–H and O–H groups in total. The number of rotatable bonds is 4. The van der Waals surface area contributed by atoms with Crippen LogP contribution >= 0.6 is 7.14 Å². The SMILES string of the molecule is O=P(c1ccccc1)(c1ccccc1)c1ccc(-c2cc3oc4ccc5oc6ccccc6c5c4c3c3ccccc23)cc1. The maximum Gasteiger partial charge on any atom is 0.171 e. The molecule has 0 aliphatic carbocycles. The zero-order valence-corrected chi connectivity index (χ0v) is 24.5. The van der Waals surface area contributed by atoms with Gasteiger partial charge in [0.1, 0.15) is 22.3 Å². The lowest BCUT2D eigenvalue weighted by Gasteiger charge is -2.20. The normalized spacial score (nSPS) is 12.2. The van der Waals surface area contributed by atoms with Crippen molar-refractivity contribution < 1.29 is 13.4 Å². The third kappa shape index (κ3) is 3.60. The van der Waals surface area contributed by atoms with Crippen molar-refractivity contribution in [2.24, 2.45) is 0 Å². The summed E-state index contributed by atoms with van der Waals surface area (Å²) in [6, 6.07) is 50.6. The Morgan fingerprint density at radius 1 is 0.386 bits per heavy atom. The quantitative estimate of drug-likeness (QED) is 0.193. The molecule has 44 heavy (non-hydrogen) atoms. The minimum absolute atomic E-state index is 0.807. The van der Waals surface area contributed by atoms with Crippen LogP contribution < -0.4 is 15.9 Å². The van der Waals surface area contributed by atoms with Gasteiger partial charge in [-0.2, -0.15) is 0 Å². The van der Waals surface area contributed by atoms with Crippen LogP contribution in [0.1, 0.15) is 0 Å². The van der Waals surface area contributed by atoms with Crippen molar-refractivity contribution >= 4 is 77.7 Å². The van der Waals surface area contributed by atoms with Crippen molar-refractivity contribution in [1.82, 2.24) is 0 Å². The summed E-state index contributed by atoms with van der Waals surface area (Å²) >= 11 is 0. The van der Waals surface area contributed by atoms with Crippen molar-refractivity contribution in [3.05, 3.63) is 152 Å². The molecule has 208 valence electrons. The lowest BCUT2D eigenvalue weighted by molar-refractivity contribution is 0.592. The maximum atomic E-state index is 14.9. The number of hydrogen-bond acceptors (Lipinski definition) is 3. The van der Waals surface area contributed by atoms with Crippen LogP contribution in [0.3, 0.4) is 0 Å². The van der Waals surface area contributed by atoms with Crippen molar-refractivity contribution in [3.8, 4) is 11.1 Å². The van der Waals surface area contributed by atoms with E-state index in [1.807, 2.05) is 103 Å². The van der Waals surface area contributed by atoms with Crippen LogP contribution in [0.5, 0.6) is 0 Å². The van der Waals surface area contributed by atoms with E-state index in [1.165, 1.54) is 0 Å². The minimum atomic E-state index is -3.06. The van der Waals surface area contributed by atoms with Crippen LogP contribution in [0.2, 0.25) is 0 Å². The van der Waals surface area contributed by atoms with E-state index in [0.29, 0.717) is 0 Å². The molecule has 4 heteroatoms. The van der Waals surface area contributed by atoms with Gasteiger partial charge in [0.05, 0.1) is 0 Å². The summed E-state index contributed by atoms with van der Waals surface area (Å²) in [5, 5.41) is 9.05. The summed E-state index contributed by atoms with van der Waals surface area (Å²) < 4.78 is 27.7. The Kier molecular flexibility index (Phi) is 5.47. The van der Waals surface area contributed by atoms with Gasteiger partial charge in [0.15, 0.2) is 7.14 Å². The zero-order chi connectivity index (χ0) is 29.3.